The molecule has 0 radical (unpaired) electrons. The number of carbonyl (C=O) groups is 1. The fourth-order valence-corrected chi connectivity index (χ4v) is 2.08. The molecule has 0 aliphatic carbocycles. The van der Waals surface area contributed by atoms with E-state index in [1.54, 1.807) is 26.2 Å². The van der Waals surface area contributed by atoms with Gasteiger partial charge in [-0.3, -0.25) is 14.0 Å². The van der Waals surface area contributed by atoms with Crippen LogP contribution in [0, 0.1) is 6.92 Å². The maximum Gasteiger partial charge on any atom is 0.270 e. The van der Waals surface area contributed by atoms with Crippen LogP contribution in [0.1, 0.15) is 29.3 Å². The predicted octanol–water partition coefficient (Wildman–Crippen LogP) is 0.846. The molecule has 0 aliphatic heterocycles. The molecule has 6 heteroatoms. The fraction of sp³-hybridized carbons (Fsp3) is 0.400. The van der Waals surface area contributed by atoms with E-state index in [4.69, 9.17) is 0 Å². The van der Waals surface area contributed by atoms with Crippen LogP contribution in [0.25, 0.3) is 5.65 Å². The maximum atomic E-state index is 12.4. The number of hydrogen-bond donors (Lipinski definition) is 1. The van der Waals surface area contributed by atoms with Gasteiger partial charge >= 0.3 is 0 Å². The third-order valence-electron chi connectivity index (χ3n) is 3.39. The molecule has 2 rings (SSSR count). The van der Waals surface area contributed by atoms with Gasteiger partial charge in [-0.15, -0.1) is 0 Å². The third kappa shape index (κ3) is 3.11. The quantitative estimate of drug-likeness (QED) is 0.905. The molecule has 6 nitrogen and oxygen atoms in total. The van der Waals surface area contributed by atoms with Gasteiger partial charge in [0.2, 0.25) is 0 Å². The van der Waals surface area contributed by atoms with Gasteiger partial charge in [-0.05, 0) is 31.9 Å². The van der Waals surface area contributed by atoms with Crippen molar-refractivity contribution in [2.24, 2.45) is 0 Å². The van der Waals surface area contributed by atoms with Gasteiger partial charge in [0.25, 0.3) is 11.5 Å². The van der Waals surface area contributed by atoms with Gasteiger partial charge in [-0.25, -0.2) is 4.98 Å². The van der Waals surface area contributed by atoms with Crippen molar-refractivity contribution in [3.05, 3.63) is 46.0 Å². The predicted molar refractivity (Wildman–Crippen MR) is 79.5 cm³/mol. The minimum Gasteiger partial charge on any atom is -0.393 e. The molecule has 0 fully saturated rings. The van der Waals surface area contributed by atoms with Gasteiger partial charge < -0.3 is 10.0 Å². The van der Waals surface area contributed by atoms with E-state index in [1.807, 2.05) is 13.0 Å². The lowest BCUT2D eigenvalue weighted by Gasteiger charge is -2.17. The van der Waals surface area contributed by atoms with E-state index in [9.17, 15) is 14.7 Å². The number of amides is 1. The van der Waals surface area contributed by atoms with E-state index >= 15 is 0 Å². The number of rotatable bonds is 4. The number of aliphatic hydroxyl groups excluding tert-OH is 1. The Balaban J connectivity index is 2.37. The number of nitrogens with zero attached hydrogens (tertiary/aromatic N) is 3. The molecule has 0 saturated heterocycles. The minimum atomic E-state index is -0.487. The largest absolute Gasteiger partial charge is 0.393 e. The van der Waals surface area contributed by atoms with E-state index in [-0.39, 0.29) is 17.0 Å². The van der Waals surface area contributed by atoms with Gasteiger partial charge in [0.05, 0.1) is 6.10 Å². The summed E-state index contributed by atoms with van der Waals surface area (Å²) in [5.41, 5.74) is 1.07. The average Bonchev–Trinajstić information content (AvgIpc) is 2.45. The molecule has 21 heavy (non-hydrogen) atoms. The van der Waals surface area contributed by atoms with E-state index < -0.39 is 6.10 Å². The highest BCUT2D eigenvalue weighted by Crippen LogP contribution is 2.06. The first-order valence-electron chi connectivity index (χ1n) is 6.82. The topological polar surface area (TPSA) is 74.9 Å². The highest BCUT2D eigenvalue weighted by atomic mass is 16.3. The van der Waals surface area contributed by atoms with Crippen molar-refractivity contribution in [2.45, 2.75) is 26.4 Å². The summed E-state index contributed by atoms with van der Waals surface area (Å²) >= 11 is 0. The number of hydrogen-bond acceptors (Lipinski definition) is 4. The Hall–Kier alpha value is -2.21. The minimum absolute atomic E-state index is 0.0335. The van der Waals surface area contributed by atoms with E-state index in [0.717, 1.165) is 5.56 Å². The Morgan fingerprint density at radius 2 is 2.24 bits per heavy atom. The number of aromatic nitrogens is 2. The second-order valence-electron chi connectivity index (χ2n) is 5.23. The van der Waals surface area contributed by atoms with Gasteiger partial charge in [-0.2, -0.15) is 0 Å². The molecule has 0 saturated carbocycles. The monoisotopic (exact) mass is 289 g/mol. The molecule has 0 aliphatic rings. The van der Waals surface area contributed by atoms with Crippen molar-refractivity contribution in [2.75, 3.05) is 13.6 Å². The molecule has 2 aromatic rings. The Kier molecular flexibility index (Phi) is 4.37. The lowest BCUT2D eigenvalue weighted by Crippen LogP contribution is -2.34. The lowest BCUT2D eigenvalue weighted by molar-refractivity contribution is 0.0766. The first-order valence-corrected chi connectivity index (χ1v) is 6.82. The zero-order valence-electron chi connectivity index (χ0n) is 12.4. The van der Waals surface area contributed by atoms with Crippen LogP contribution >= 0.6 is 0 Å². The van der Waals surface area contributed by atoms with Crippen molar-refractivity contribution in [3.63, 3.8) is 0 Å². The molecule has 0 spiro atoms. The van der Waals surface area contributed by atoms with Crippen LogP contribution in [0.15, 0.2) is 29.3 Å². The van der Waals surface area contributed by atoms with Crippen molar-refractivity contribution in [1.82, 2.24) is 14.3 Å². The van der Waals surface area contributed by atoms with Crippen molar-refractivity contribution < 1.29 is 9.90 Å². The fourth-order valence-electron chi connectivity index (χ4n) is 2.08. The average molecular weight is 289 g/mol. The van der Waals surface area contributed by atoms with Gasteiger partial charge in [0.15, 0.2) is 0 Å². The zero-order chi connectivity index (χ0) is 15.6. The second kappa shape index (κ2) is 6.05. The first-order chi connectivity index (χ1) is 9.91. The number of pyridine rings is 1. The number of aliphatic hydroxyl groups is 1. The molecule has 2 aromatic heterocycles. The van der Waals surface area contributed by atoms with Crippen LogP contribution in [-0.2, 0) is 0 Å². The second-order valence-corrected chi connectivity index (χ2v) is 5.23. The summed E-state index contributed by atoms with van der Waals surface area (Å²) in [5, 5.41) is 9.26. The summed E-state index contributed by atoms with van der Waals surface area (Å²) < 4.78 is 1.38. The maximum absolute atomic E-state index is 12.4. The summed E-state index contributed by atoms with van der Waals surface area (Å²) in [5.74, 6) is -0.385. The summed E-state index contributed by atoms with van der Waals surface area (Å²) in [6.07, 6.45) is 2.90. The molecule has 112 valence electrons. The highest BCUT2D eigenvalue weighted by Gasteiger charge is 2.18. The zero-order valence-corrected chi connectivity index (χ0v) is 12.4. The molecule has 1 atom stereocenters. The van der Waals surface area contributed by atoms with Crippen LogP contribution in [-0.4, -0.2) is 45.0 Å². The molecule has 1 N–H and O–H groups in total. The number of fused-ring (bicyclic) bond motifs is 1. The number of carbonyl (C=O) groups excluding carboxylic acids is 1. The number of aryl methyl sites for hydroxylation is 1. The Morgan fingerprint density at radius 3 is 2.90 bits per heavy atom. The summed E-state index contributed by atoms with van der Waals surface area (Å²) in [6.45, 7) is 3.90. The summed E-state index contributed by atoms with van der Waals surface area (Å²) in [6, 6.07) is 3.61. The van der Waals surface area contributed by atoms with Gasteiger partial charge in [0.1, 0.15) is 11.2 Å². The Bertz CT molecular complexity index is 722. The molecule has 0 bridgehead atoms. The van der Waals surface area contributed by atoms with Crippen molar-refractivity contribution in [1.29, 1.82) is 0 Å². The van der Waals surface area contributed by atoms with Crippen molar-refractivity contribution >= 4 is 11.6 Å². The third-order valence-corrected chi connectivity index (χ3v) is 3.39. The highest BCUT2D eigenvalue weighted by molar-refractivity contribution is 5.93. The smallest absolute Gasteiger partial charge is 0.270 e. The van der Waals surface area contributed by atoms with Crippen LogP contribution < -0.4 is 5.56 Å². The van der Waals surface area contributed by atoms with Crippen LogP contribution in [0.4, 0.5) is 0 Å². The SMILES string of the molecule is Cc1cccn2c(=O)c(C(=O)N(C)CCC(C)O)cnc12. The van der Waals surface area contributed by atoms with E-state index in [0.29, 0.717) is 18.6 Å². The summed E-state index contributed by atoms with van der Waals surface area (Å²) in [4.78, 5) is 30.3. The molecular weight excluding hydrogens is 270 g/mol. The molecular formula is C15H19N3O3. The Morgan fingerprint density at radius 1 is 1.52 bits per heavy atom. The van der Waals surface area contributed by atoms with Crippen LogP contribution in [0.3, 0.4) is 0 Å². The van der Waals surface area contributed by atoms with Gasteiger partial charge in [-0.1, -0.05) is 6.07 Å². The van der Waals surface area contributed by atoms with E-state index in [1.165, 1.54) is 15.5 Å². The molecule has 0 aromatic carbocycles. The molecule has 2 heterocycles. The lowest BCUT2D eigenvalue weighted by atomic mass is 10.2. The van der Waals surface area contributed by atoms with Crippen LogP contribution in [0.2, 0.25) is 0 Å². The van der Waals surface area contributed by atoms with Crippen LogP contribution in [0.5, 0.6) is 0 Å². The van der Waals surface area contributed by atoms with E-state index in [2.05, 4.69) is 4.98 Å². The molecule has 1 unspecified atom stereocenters. The van der Waals surface area contributed by atoms with Crippen molar-refractivity contribution in [3.8, 4) is 0 Å². The molecule has 1 amide bonds. The standard InChI is InChI=1S/C15H19N3O3/c1-10-5-4-7-18-13(10)16-9-12(15(18)21)14(20)17(3)8-6-11(2)19/h4-5,7,9,11,19H,6,8H2,1-3H3. The van der Waals surface area contributed by atoms with Gasteiger partial charge in [0, 0.05) is 26.0 Å². The summed E-state index contributed by atoms with van der Waals surface area (Å²) in [7, 11) is 1.61. The first kappa shape index (κ1) is 15.2. The Labute approximate surface area is 122 Å². The normalized spacial score (nSPS) is 12.4.